The number of hydrogen-bond acceptors (Lipinski definition) is 6. The van der Waals surface area contributed by atoms with Crippen molar-refractivity contribution in [1.29, 1.82) is 0 Å². The van der Waals surface area contributed by atoms with Gasteiger partial charge in [0.25, 0.3) is 5.89 Å². The van der Waals surface area contributed by atoms with E-state index in [2.05, 4.69) is 17.1 Å². The molecular formula is C18H17N3O4. The Kier molecular flexibility index (Phi) is 4.74. The maximum absolute atomic E-state index is 11.1. The molecular weight excluding hydrogens is 322 g/mol. The van der Waals surface area contributed by atoms with Crippen LogP contribution in [0.25, 0.3) is 11.4 Å². The highest BCUT2D eigenvalue weighted by atomic mass is 16.6. The zero-order valence-electron chi connectivity index (χ0n) is 13.9. The Balaban J connectivity index is 1.74. The molecule has 0 fully saturated rings. The van der Waals surface area contributed by atoms with Gasteiger partial charge in [-0.25, -0.2) is 0 Å². The molecule has 0 spiro atoms. The molecule has 0 N–H and O–H groups in total. The molecule has 128 valence electrons. The largest absolute Gasteiger partial charge is 0.477 e. The van der Waals surface area contributed by atoms with Crippen molar-refractivity contribution < 1.29 is 14.2 Å². The molecule has 25 heavy (non-hydrogen) atoms. The normalized spacial score (nSPS) is 10.6. The molecule has 0 radical (unpaired) electrons. The van der Waals surface area contributed by atoms with Crippen molar-refractivity contribution in [3.8, 4) is 17.1 Å². The van der Waals surface area contributed by atoms with Gasteiger partial charge >= 0.3 is 5.69 Å². The molecule has 0 aliphatic carbocycles. The summed E-state index contributed by atoms with van der Waals surface area (Å²) >= 11 is 0. The maximum Gasteiger partial charge on any atom is 0.310 e. The molecule has 0 amide bonds. The highest BCUT2D eigenvalue weighted by Gasteiger charge is 2.16. The van der Waals surface area contributed by atoms with Crippen LogP contribution in [0.5, 0.6) is 5.75 Å². The third-order valence-electron chi connectivity index (χ3n) is 3.75. The van der Waals surface area contributed by atoms with Crippen LogP contribution in [0, 0.1) is 17.0 Å². The lowest BCUT2D eigenvalue weighted by atomic mass is 10.1. The molecule has 0 aliphatic rings. The number of nitro benzene ring substituents is 1. The summed E-state index contributed by atoms with van der Waals surface area (Å²) in [6.07, 6.45) is 0.959. The van der Waals surface area contributed by atoms with Gasteiger partial charge in [0.1, 0.15) is 0 Å². The molecule has 3 rings (SSSR count). The number of aryl methyl sites for hydroxylation is 2. The maximum atomic E-state index is 11.1. The van der Waals surface area contributed by atoms with E-state index in [-0.39, 0.29) is 23.9 Å². The zero-order chi connectivity index (χ0) is 17.8. The number of ether oxygens (including phenoxy) is 1. The van der Waals surface area contributed by atoms with E-state index in [4.69, 9.17) is 9.26 Å². The van der Waals surface area contributed by atoms with Crippen LogP contribution < -0.4 is 4.74 Å². The summed E-state index contributed by atoms with van der Waals surface area (Å²) < 4.78 is 10.7. The fourth-order valence-corrected chi connectivity index (χ4v) is 2.35. The SMILES string of the molecule is CCc1ccc(-c2noc(COc3cc(C)ccc3[N+](=O)[O-])n2)cc1. The fraction of sp³-hybridized carbons (Fsp3) is 0.222. The Labute approximate surface area is 144 Å². The summed E-state index contributed by atoms with van der Waals surface area (Å²) in [6.45, 7) is 3.88. The Morgan fingerprint density at radius 1 is 1.20 bits per heavy atom. The summed E-state index contributed by atoms with van der Waals surface area (Å²) in [5.74, 6) is 0.891. The second kappa shape index (κ2) is 7.12. The first-order chi connectivity index (χ1) is 12.1. The van der Waals surface area contributed by atoms with Gasteiger partial charge in [0.05, 0.1) is 4.92 Å². The van der Waals surface area contributed by atoms with E-state index in [9.17, 15) is 10.1 Å². The minimum absolute atomic E-state index is 0.0374. The van der Waals surface area contributed by atoms with Crippen molar-refractivity contribution in [2.24, 2.45) is 0 Å². The predicted molar refractivity (Wildman–Crippen MR) is 91.3 cm³/mol. The molecule has 3 aromatic rings. The summed E-state index contributed by atoms with van der Waals surface area (Å²) in [5, 5.41) is 15.0. The van der Waals surface area contributed by atoms with Gasteiger partial charge in [-0.3, -0.25) is 10.1 Å². The molecule has 0 atom stereocenters. The van der Waals surface area contributed by atoms with Crippen LogP contribution in [-0.4, -0.2) is 15.1 Å². The molecule has 0 bridgehead atoms. The van der Waals surface area contributed by atoms with E-state index in [1.165, 1.54) is 11.6 Å². The quantitative estimate of drug-likeness (QED) is 0.496. The van der Waals surface area contributed by atoms with Crippen molar-refractivity contribution in [2.75, 3.05) is 0 Å². The van der Waals surface area contributed by atoms with Crippen LogP contribution in [0.2, 0.25) is 0 Å². The minimum atomic E-state index is -0.483. The van der Waals surface area contributed by atoms with Crippen molar-refractivity contribution in [1.82, 2.24) is 10.1 Å². The molecule has 7 heteroatoms. The average molecular weight is 339 g/mol. The number of nitro groups is 1. The highest BCUT2D eigenvalue weighted by Crippen LogP contribution is 2.28. The topological polar surface area (TPSA) is 91.3 Å². The molecule has 1 heterocycles. The Hall–Kier alpha value is -3.22. The van der Waals surface area contributed by atoms with Gasteiger partial charge in [-0.05, 0) is 30.5 Å². The van der Waals surface area contributed by atoms with Crippen LogP contribution in [0.3, 0.4) is 0 Å². The third kappa shape index (κ3) is 3.82. The molecule has 2 aromatic carbocycles. The number of rotatable bonds is 6. The van der Waals surface area contributed by atoms with Crippen molar-refractivity contribution in [3.63, 3.8) is 0 Å². The van der Waals surface area contributed by atoms with E-state index in [0.717, 1.165) is 17.5 Å². The van der Waals surface area contributed by atoms with Gasteiger partial charge in [-0.2, -0.15) is 4.98 Å². The molecule has 0 unspecified atom stereocenters. The van der Waals surface area contributed by atoms with Gasteiger partial charge in [-0.1, -0.05) is 42.4 Å². The van der Waals surface area contributed by atoms with Gasteiger partial charge < -0.3 is 9.26 Å². The lowest BCUT2D eigenvalue weighted by Crippen LogP contribution is -2.00. The fourth-order valence-electron chi connectivity index (χ4n) is 2.35. The van der Waals surface area contributed by atoms with Gasteiger partial charge in [-0.15, -0.1) is 0 Å². The van der Waals surface area contributed by atoms with Crippen molar-refractivity contribution in [3.05, 3.63) is 69.6 Å². The van der Waals surface area contributed by atoms with E-state index >= 15 is 0 Å². The average Bonchev–Trinajstić information content (AvgIpc) is 3.09. The summed E-state index contributed by atoms with van der Waals surface area (Å²) in [6, 6.07) is 12.6. The Morgan fingerprint density at radius 3 is 2.64 bits per heavy atom. The summed E-state index contributed by atoms with van der Waals surface area (Å²) in [5.41, 5.74) is 2.83. The number of hydrogen-bond donors (Lipinski definition) is 0. The Morgan fingerprint density at radius 2 is 1.96 bits per heavy atom. The summed E-state index contributed by atoms with van der Waals surface area (Å²) in [7, 11) is 0. The number of nitrogens with zero attached hydrogens (tertiary/aromatic N) is 3. The van der Waals surface area contributed by atoms with Crippen LogP contribution in [0.4, 0.5) is 5.69 Å². The van der Waals surface area contributed by atoms with Crippen molar-refractivity contribution in [2.45, 2.75) is 26.9 Å². The first-order valence-electron chi connectivity index (χ1n) is 7.86. The number of aromatic nitrogens is 2. The second-order valence-electron chi connectivity index (χ2n) is 5.58. The van der Waals surface area contributed by atoms with Crippen LogP contribution in [0.15, 0.2) is 47.0 Å². The number of benzene rings is 2. The highest BCUT2D eigenvalue weighted by molar-refractivity contribution is 5.54. The van der Waals surface area contributed by atoms with Gasteiger partial charge in [0, 0.05) is 11.6 Å². The predicted octanol–water partition coefficient (Wildman–Crippen LogP) is 4.09. The van der Waals surface area contributed by atoms with E-state index in [1.807, 2.05) is 31.2 Å². The Bertz CT molecular complexity index is 888. The second-order valence-corrected chi connectivity index (χ2v) is 5.58. The minimum Gasteiger partial charge on any atom is -0.477 e. The lowest BCUT2D eigenvalue weighted by Gasteiger charge is -2.05. The standard InChI is InChI=1S/C18H17N3O4/c1-3-13-5-7-14(8-6-13)18-19-17(25-20-18)11-24-16-10-12(2)4-9-15(16)21(22)23/h4-10H,3,11H2,1-2H3. The van der Waals surface area contributed by atoms with Crippen molar-refractivity contribution >= 4 is 5.69 Å². The molecule has 0 saturated heterocycles. The first-order valence-corrected chi connectivity index (χ1v) is 7.86. The zero-order valence-corrected chi connectivity index (χ0v) is 13.9. The lowest BCUT2D eigenvalue weighted by molar-refractivity contribution is -0.386. The molecule has 0 aliphatic heterocycles. The van der Waals surface area contributed by atoms with Gasteiger partial charge in [0.2, 0.25) is 5.82 Å². The molecule has 1 aromatic heterocycles. The van der Waals surface area contributed by atoms with Crippen LogP contribution in [-0.2, 0) is 13.0 Å². The first kappa shape index (κ1) is 16.6. The van der Waals surface area contributed by atoms with Crippen LogP contribution in [0.1, 0.15) is 23.9 Å². The van der Waals surface area contributed by atoms with E-state index in [0.29, 0.717) is 5.82 Å². The third-order valence-corrected chi connectivity index (χ3v) is 3.75. The monoisotopic (exact) mass is 339 g/mol. The smallest absolute Gasteiger partial charge is 0.310 e. The van der Waals surface area contributed by atoms with Crippen LogP contribution >= 0.6 is 0 Å². The summed E-state index contributed by atoms with van der Waals surface area (Å²) in [4.78, 5) is 14.9. The van der Waals surface area contributed by atoms with Gasteiger partial charge in [0.15, 0.2) is 12.4 Å². The van der Waals surface area contributed by atoms with E-state index < -0.39 is 4.92 Å². The van der Waals surface area contributed by atoms with E-state index in [1.54, 1.807) is 12.1 Å². The molecule has 0 saturated carbocycles. The molecule has 7 nitrogen and oxygen atoms in total.